The summed E-state index contributed by atoms with van der Waals surface area (Å²) in [7, 11) is 0. The van der Waals surface area contributed by atoms with Gasteiger partial charge in [0.25, 0.3) is 0 Å². The predicted octanol–water partition coefficient (Wildman–Crippen LogP) is 7.29. The third-order valence-corrected chi connectivity index (χ3v) is 6.84. The first kappa shape index (κ1) is 25.2. The second kappa shape index (κ2) is 10.1. The molecule has 0 saturated carbocycles. The number of hydrogen-bond donors (Lipinski definition) is 1. The molecule has 2 aromatic carbocycles. The van der Waals surface area contributed by atoms with Crippen LogP contribution < -0.4 is 4.57 Å². The third-order valence-electron chi connectivity index (χ3n) is 6.84. The van der Waals surface area contributed by atoms with E-state index in [0.717, 1.165) is 22.5 Å². The minimum absolute atomic E-state index is 0.0174. The molecule has 38 heavy (non-hydrogen) atoms. The van der Waals surface area contributed by atoms with E-state index in [4.69, 9.17) is 4.74 Å². The van der Waals surface area contributed by atoms with Crippen LogP contribution in [0.25, 0.3) is 11.8 Å². The zero-order valence-electron chi connectivity index (χ0n) is 22.2. The molecule has 2 heterocycles. The maximum atomic E-state index is 13.0. The summed E-state index contributed by atoms with van der Waals surface area (Å²) < 4.78 is 8.33. The number of carbonyl (C=O) groups excluding carboxylic acids is 1. The van der Waals surface area contributed by atoms with E-state index in [0.29, 0.717) is 16.9 Å². The Morgan fingerprint density at radius 1 is 0.868 bits per heavy atom. The topological polar surface area (TPSA) is 50.4 Å². The molecule has 2 aliphatic rings. The lowest BCUT2D eigenvalue weighted by Gasteiger charge is -2.28. The largest absolute Gasteiger partial charge is 0.506 e. The summed E-state index contributed by atoms with van der Waals surface area (Å²) in [5.41, 5.74) is 4.25. The molecule has 0 fully saturated rings. The van der Waals surface area contributed by atoms with Crippen molar-refractivity contribution in [1.29, 1.82) is 0 Å². The van der Waals surface area contributed by atoms with E-state index in [9.17, 15) is 9.90 Å². The van der Waals surface area contributed by atoms with Crippen molar-refractivity contribution in [2.75, 3.05) is 0 Å². The number of carbonyl (C=O) groups is 1. The van der Waals surface area contributed by atoms with Crippen LogP contribution in [0.3, 0.4) is 0 Å². The van der Waals surface area contributed by atoms with Gasteiger partial charge in [-0.15, -0.1) is 0 Å². The molecule has 190 valence electrons. The highest BCUT2D eigenvalue weighted by Crippen LogP contribution is 2.38. The Balaban J connectivity index is 1.41. The number of aliphatic hydroxyl groups is 1. The molecule has 1 aliphatic carbocycles. The van der Waals surface area contributed by atoms with E-state index < -0.39 is 0 Å². The second-order valence-corrected chi connectivity index (χ2v) is 10.7. The van der Waals surface area contributed by atoms with Crippen LogP contribution >= 0.6 is 0 Å². The van der Waals surface area contributed by atoms with Crippen LogP contribution in [0.4, 0.5) is 0 Å². The number of ether oxygens (including phenoxy) is 1. The molecule has 1 aliphatic heterocycles. The zero-order valence-corrected chi connectivity index (χ0v) is 22.2. The van der Waals surface area contributed by atoms with E-state index in [1.807, 2.05) is 85.2 Å². The quantitative estimate of drug-likeness (QED) is 0.294. The van der Waals surface area contributed by atoms with E-state index in [2.05, 4.69) is 44.4 Å². The lowest BCUT2D eigenvalue weighted by Crippen LogP contribution is -2.37. The van der Waals surface area contributed by atoms with Crippen LogP contribution in [0.15, 0.2) is 132 Å². The number of nitrogens with zero attached hydrogens (tertiary/aromatic N) is 1. The number of hydrogen-bond acceptors (Lipinski definition) is 3. The molecule has 0 saturated heterocycles. The smallest absolute Gasteiger partial charge is 0.200 e. The van der Waals surface area contributed by atoms with Gasteiger partial charge in [-0.3, -0.25) is 4.79 Å². The fourth-order valence-electron chi connectivity index (χ4n) is 4.47. The van der Waals surface area contributed by atoms with E-state index in [1.165, 1.54) is 5.56 Å². The van der Waals surface area contributed by atoms with Crippen molar-refractivity contribution in [3.05, 3.63) is 148 Å². The van der Waals surface area contributed by atoms with Crippen LogP contribution in [0.5, 0.6) is 0 Å². The Labute approximate surface area is 224 Å². The first-order chi connectivity index (χ1) is 18.2. The summed E-state index contributed by atoms with van der Waals surface area (Å²) >= 11 is 0. The summed E-state index contributed by atoms with van der Waals surface area (Å²) in [6, 6.07) is 24.3. The lowest BCUT2D eigenvalue weighted by atomic mass is 9.84. The fourth-order valence-corrected chi connectivity index (χ4v) is 4.47. The van der Waals surface area contributed by atoms with Gasteiger partial charge in [0.1, 0.15) is 17.3 Å². The van der Waals surface area contributed by atoms with Gasteiger partial charge in [-0.25, -0.2) is 0 Å². The number of rotatable bonds is 5. The van der Waals surface area contributed by atoms with Gasteiger partial charge < -0.3 is 9.84 Å². The maximum Gasteiger partial charge on any atom is 0.200 e. The summed E-state index contributed by atoms with van der Waals surface area (Å²) in [5.74, 6) is 1.37. The normalized spacial score (nSPS) is 18.6. The van der Waals surface area contributed by atoms with Crippen molar-refractivity contribution in [3.8, 4) is 0 Å². The first-order valence-corrected chi connectivity index (χ1v) is 12.9. The van der Waals surface area contributed by atoms with Gasteiger partial charge in [-0.05, 0) is 35.4 Å². The molecule has 0 bridgehead atoms. The molecule has 1 atom stereocenters. The van der Waals surface area contributed by atoms with Crippen molar-refractivity contribution in [1.82, 2.24) is 0 Å². The number of aliphatic hydroxyl groups excluding tert-OH is 1. The van der Waals surface area contributed by atoms with Gasteiger partial charge in [-0.2, -0.15) is 4.57 Å². The van der Waals surface area contributed by atoms with Crippen molar-refractivity contribution < 1.29 is 19.2 Å². The standard InChI is InChI=1S/C34H31NO3/c1-23(26-11-7-5-8-12-26)35-17-15-24(16-18-35)19-28-32(36)29(33(28)37)20-25-21-30(27-13-9-6-10-14-27)38-31(22-25)34(2,3)4/h5-23H,1-4H3/p+1/b25-20-/t23-/m1/s1. The number of aromatic nitrogens is 1. The minimum atomic E-state index is -0.222. The van der Waals surface area contributed by atoms with Crippen LogP contribution in [0.2, 0.25) is 0 Å². The SMILES string of the molecule is C[C@H](c1ccccc1)[n+]1ccc(C=C2C(=O)C(/C=C3/C=C(c4ccccc4)OC(C(C)(C)C)=C3)=C2O)cc1. The van der Waals surface area contributed by atoms with E-state index >= 15 is 0 Å². The minimum Gasteiger partial charge on any atom is -0.506 e. The van der Waals surface area contributed by atoms with Gasteiger partial charge in [0.15, 0.2) is 18.4 Å². The Kier molecular flexibility index (Phi) is 6.73. The van der Waals surface area contributed by atoms with Crippen LogP contribution in [0.1, 0.15) is 50.4 Å². The lowest BCUT2D eigenvalue weighted by molar-refractivity contribution is -0.710. The van der Waals surface area contributed by atoms with Crippen LogP contribution in [-0.2, 0) is 9.53 Å². The summed E-state index contributed by atoms with van der Waals surface area (Å²) in [4.78, 5) is 13.0. The van der Waals surface area contributed by atoms with Gasteiger partial charge in [0, 0.05) is 35.6 Å². The van der Waals surface area contributed by atoms with Gasteiger partial charge in [0.05, 0.1) is 11.1 Å². The Morgan fingerprint density at radius 3 is 2.11 bits per heavy atom. The molecule has 1 aromatic heterocycles. The molecule has 0 unspecified atom stereocenters. The van der Waals surface area contributed by atoms with Crippen molar-refractivity contribution in [2.45, 2.75) is 33.7 Å². The highest BCUT2D eigenvalue weighted by Gasteiger charge is 2.33. The Bertz CT molecular complexity index is 1510. The molecule has 1 N–H and O–H groups in total. The average Bonchev–Trinajstić information content (AvgIpc) is 2.94. The number of ketones is 1. The number of Topliss-reactive ketones (excluding diaryl/α,β-unsaturated/α-hetero) is 1. The van der Waals surface area contributed by atoms with Crippen molar-refractivity contribution in [2.24, 2.45) is 5.41 Å². The molecule has 5 rings (SSSR count). The van der Waals surface area contributed by atoms with Gasteiger partial charge in [0.2, 0.25) is 5.78 Å². The molecule has 0 amide bonds. The Morgan fingerprint density at radius 2 is 1.50 bits per heavy atom. The number of pyridine rings is 1. The zero-order chi connectivity index (χ0) is 26.9. The number of allylic oxidation sites excluding steroid dienone is 7. The Hall–Kier alpha value is -4.44. The van der Waals surface area contributed by atoms with Crippen LogP contribution in [-0.4, -0.2) is 10.9 Å². The summed E-state index contributed by atoms with van der Waals surface area (Å²) in [6.07, 6.45) is 11.3. The van der Waals surface area contributed by atoms with Gasteiger partial charge in [-0.1, -0.05) is 81.4 Å². The fraction of sp³-hybridized carbons (Fsp3) is 0.176. The van der Waals surface area contributed by atoms with Crippen molar-refractivity contribution >= 4 is 17.6 Å². The molecule has 0 radical (unpaired) electrons. The van der Waals surface area contributed by atoms with Crippen molar-refractivity contribution in [3.63, 3.8) is 0 Å². The highest BCUT2D eigenvalue weighted by atomic mass is 16.5. The average molecular weight is 503 g/mol. The molecule has 0 spiro atoms. The molecular weight excluding hydrogens is 470 g/mol. The molecule has 3 aromatic rings. The number of benzene rings is 2. The summed E-state index contributed by atoms with van der Waals surface area (Å²) in [6.45, 7) is 8.40. The highest BCUT2D eigenvalue weighted by molar-refractivity contribution is 6.23. The maximum absolute atomic E-state index is 13.0. The van der Waals surface area contributed by atoms with E-state index in [1.54, 1.807) is 12.2 Å². The summed E-state index contributed by atoms with van der Waals surface area (Å²) in [5, 5.41) is 10.8. The predicted molar refractivity (Wildman–Crippen MR) is 151 cm³/mol. The third kappa shape index (κ3) is 5.16. The first-order valence-electron chi connectivity index (χ1n) is 12.9. The van der Waals surface area contributed by atoms with Gasteiger partial charge >= 0.3 is 0 Å². The second-order valence-electron chi connectivity index (χ2n) is 10.7. The van der Waals surface area contributed by atoms with Crippen LogP contribution in [0, 0.1) is 5.41 Å². The monoisotopic (exact) mass is 502 g/mol. The molecular formula is C34H32NO3+. The molecule has 4 nitrogen and oxygen atoms in total. The molecule has 4 heteroatoms. The van der Waals surface area contributed by atoms with E-state index in [-0.39, 0.29) is 23.0 Å².